The lowest BCUT2D eigenvalue weighted by Crippen LogP contribution is -2.31. The maximum atomic E-state index is 12.8. The van der Waals surface area contributed by atoms with E-state index in [2.05, 4.69) is 0 Å². The minimum absolute atomic E-state index is 0.0203. The number of nitrogens with zero attached hydrogens (tertiary/aromatic N) is 1. The van der Waals surface area contributed by atoms with Crippen LogP contribution in [0.3, 0.4) is 0 Å². The van der Waals surface area contributed by atoms with Gasteiger partial charge in [-0.05, 0) is 43.4 Å². The normalized spacial score (nSPS) is 28.9. The first-order chi connectivity index (χ1) is 10.3. The van der Waals surface area contributed by atoms with Crippen molar-refractivity contribution in [3.8, 4) is 0 Å². The van der Waals surface area contributed by atoms with Crippen molar-refractivity contribution in [2.75, 3.05) is 4.90 Å². The van der Waals surface area contributed by atoms with Gasteiger partial charge in [0.15, 0.2) is 0 Å². The molecule has 0 bridgehead atoms. The van der Waals surface area contributed by atoms with Gasteiger partial charge in [0.2, 0.25) is 11.8 Å². The molecule has 0 spiro atoms. The van der Waals surface area contributed by atoms with Crippen LogP contribution in [0.2, 0.25) is 0 Å². The van der Waals surface area contributed by atoms with Gasteiger partial charge in [-0.1, -0.05) is 13.0 Å². The second kappa shape index (κ2) is 5.11. The van der Waals surface area contributed by atoms with Crippen LogP contribution in [0.5, 0.6) is 0 Å². The Morgan fingerprint density at radius 1 is 1.09 bits per heavy atom. The van der Waals surface area contributed by atoms with Crippen LogP contribution in [-0.2, 0) is 15.8 Å². The van der Waals surface area contributed by atoms with Gasteiger partial charge < -0.3 is 0 Å². The van der Waals surface area contributed by atoms with Crippen LogP contribution in [0.4, 0.5) is 18.9 Å². The van der Waals surface area contributed by atoms with Crippen LogP contribution >= 0.6 is 0 Å². The summed E-state index contributed by atoms with van der Waals surface area (Å²) in [5.74, 6) is -1.12. The third-order valence-electron chi connectivity index (χ3n) is 4.62. The Morgan fingerprint density at radius 2 is 1.77 bits per heavy atom. The van der Waals surface area contributed by atoms with E-state index in [1.807, 2.05) is 6.92 Å². The summed E-state index contributed by atoms with van der Waals surface area (Å²) < 4.78 is 38.4. The number of carbonyl (C=O) groups excluding carboxylic acids is 2. The predicted molar refractivity (Wildman–Crippen MR) is 73.9 cm³/mol. The van der Waals surface area contributed by atoms with Crippen LogP contribution in [0, 0.1) is 17.8 Å². The van der Waals surface area contributed by atoms with Crippen LogP contribution in [0.15, 0.2) is 24.3 Å². The van der Waals surface area contributed by atoms with E-state index < -0.39 is 11.7 Å². The number of carbonyl (C=O) groups is 2. The molecular weight excluding hydrogens is 295 g/mol. The number of fused-ring (bicyclic) bond motifs is 1. The quantitative estimate of drug-likeness (QED) is 0.743. The van der Waals surface area contributed by atoms with Gasteiger partial charge in [-0.25, -0.2) is 0 Å². The van der Waals surface area contributed by atoms with Gasteiger partial charge in [-0.3, -0.25) is 14.5 Å². The molecule has 1 aromatic carbocycles. The molecule has 3 nitrogen and oxygen atoms in total. The minimum atomic E-state index is -4.50. The molecule has 0 radical (unpaired) electrons. The van der Waals surface area contributed by atoms with Gasteiger partial charge in [0.25, 0.3) is 0 Å². The van der Waals surface area contributed by atoms with Crippen LogP contribution in [-0.4, -0.2) is 11.8 Å². The molecule has 2 aliphatic rings. The first-order valence-electron chi connectivity index (χ1n) is 7.34. The van der Waals surface area contributed by atoms with Crippen LogP contribution in [0.1, 0.15) is 31.7 Å². The molecule has 1 heterocycles. The minimum Gasteiger partial charge on any atom is -0.274 e. The van der Waals surface area contributed by atoms with Crippen molar-refractivity contribution in [1.82, 2.24) is 0 Å². The lowest BCUT2D eigenvalue weighted by molar-refractivity contribution is -0.137. The highest BCUT2D eigenvalue weighted by atomic mass is 19.4. The molecule has 2 fully saturated rings. The Kier molecular flexibility index (Phi) is 3.50. The Labute approximate surface area is 126 Å². The standard InChI is InChI=1S/C16H16F3NO2/c1-9-5-6-12-13(7-9)15(22)20(14(12)21)11-4-2-3-10(8-11)16(17,18)19/h2-4,8-9,12-13H,5-7H2,1H3/t9-,12+,13-/m1/s1. The highest BCUT2D eigenvalue weighted by Crippen LogP contribution is 2.42. The fraction of sp³-hybridized carbons (Fsp3) is 0.500. The summed E-state index contributed by atoms with van der Waals surface area (Å²) in [7, 11) is 0. The van der Waals surface area contributed by atoms with Crippen molar-refractivity contribution in [3.05, 3.63) is 29.8 Å². The van der Waals surface area contributed by atoms with Gasteiger partial charge in [0.05, 0.1) is 23.1 Å². The zero-order valence-corrected chi connectivity index (χ0v) is 12.1. The highest BCUT2D eigenvalue weighted by Gasteiger charge is 2.50. The molecule has 2 amide bonds. The largest absolute Gasteiger partial charge is 0.416 e. The lowest BCUT2D eigenvalue weighted by atomic mass is 9.76. The third kappa shape index (κ3) is 2.40. The van der Waals surface area contributed by atoms with Crippen LogP contribution < -0.4 is 4.90 Å². The number of amides is 2. The summed E-state index contributed by atoms with van der Waals surface area (Å²) in [6.07, 6.45) is -2.36. The van der Waals surface area contributed by atoms with Gasteiger partial charge in [-0.15, -0.1) is 0 Å². The van der Waals surface area contributed by atoms with Gasteiger partial charge in [0.1, 0.15) is 0 Å². The number of anilines is 1. The second-order valence-electron chi connectivity index (χ2n) is 6.19. The van der Waals surface area contributed by atoms with E-state index in [1.54, 1.807) is 0 Å². The van der Waals surface area contributed by atoms with Gasteiger partial charge >= 0.3 is 6.18 Å². The molecule has 3 rings (SSSR count). The maximum absolute atomic E-state index is 12.8. The number of benzene rings is 1. The van der Waals surface area contributed by atoms with Crippen molar-refractivity contribution in [2.45, 2.75) is 32.4 Å². The molecular formula is C16H16F3NO2. The molecule has 0 N–H and O–H groups in total. The molecule has 22 heavy (non-hydrogen) atoms. The number of hydrogen-bond acceptors (Lipinski definition) is 2. The molecule has 0 unspecified atom stereocenters. The third-order valence-corrected chi connectivity index (χ3v) is 4.62. The maximum Gasteiger partial charge on any atom is 0.416 e. The van der Waals surface area contributed by atoms with Crippen molar-refractivity contribution in [1.29, 1.82) is 0 Å². The van der Waals surface area contributed by atoms with E-state index in [-0.39, 0.29) is 29.3 Å². The summed E-state index contributed by atoms with van der Waals surface area (Å²) in [4.78, 5) is 25.9. The Balaban J connectivity index is 1.95. The van der Waals surface area contributed by atoms with Crippen molar-refractivity contribution >= 4 is 17.5 Å². The molecule has 1 saturated heterocycles. The van der Waals surface area contributed by atoms with Crippen LogP contribution in [0.25, 0.3) is 0 Å². The number of rotatable bonds is 1. The van der Waals surface area contributed by atoms with Crippen molar-refractivity contribution in [3.63, 3.8) is 0 Å². The summed E-state index contributed by atoms with van der Waals surface area (Å²) in [6.45, 7) is 2.03. The number of imide groups is 1. The molecule has 118 valence electrons. The fourth-order valence-corrected chi connectivity index (χ4v) is 3.47. The van der Waals surface area contributed by atoms with E-state index in [0.717, 1.165) is 23.5 Å². The SMILES string of the molecule is C[C@@H]1CC[C@@H]2C(=O)N(c3cccc(C(F)(F)F)c3)C(=O)[C@@H]2C1. The fourth-order valence-electron chi connectivity index (χ4n) is 3.47. The average molecular weight is 311 g/mol. The molecule has 6 heteroatoms. The zero-order valence-electron chi connectivity index (χ0n) is 12.1. The van der Waals surface area contributed by atoms with E-state index >= 15 is 0 Å². The predicted octanol–water partition coefficient (Wildman–Crippen LogP) is 3.63. The summed E-state index contributed by atoms with van der Waals surface area (Å²) in [5, 5.41) is 0. The monoisotopic (exact) mass is 311 g/mol. The Hall–Kier alpha value is -1.85. The van der Waals surface area contributed by atoms with Crippen molar-refractivity contribution in [2.24, 2.45) is 17.8 Å². The molecule has 1 aromatic rings. The van der Waals surface area contributed by atoms with Gasteiger partial charge in [0, 0.05) is 0 Å². The van der Waals surface area contributed by atoms with E-state index in [0.29, 0.717) is 18.8 Å². The van der Waals surface area contributed by atoms with E-state index in [4.69, 9.17) is 0 Å². The summed E-state index contributed by atoms with van der Waals surface area (Å²) in [6, 6.07) is 4.41. The molecule has 0 aromatic heterocycles. The van der Waals surface area contributed by atoms with Gasteiger partial charge in [-0.2, -0.15) is 13.2 Å². The topological polar surface area (TPSA) is 37.4 Å². The Morgan fingerprint density at radius 3 is 2.45 bits per heavy atom. The molecule has 1 aliphatic heterocycles. The first kappa shape index (κ1) is 15.1. The number of halogens is 3. The van der Waals surface area contributed by atoms with E-state index in [1.165, 1.54) is 12.1 Å². The first-order valence-corrected chi connectivity index (χ1v) is 7.34. The smallest absolute Gasteiger partial charge is 0.274 e. The number of hydrogen-bond donors (Lipinski definition) is 0. The molecule has 1 aliphatic carbocycles. The molecule has 3 atom stereocenters. The second-order valence-corrected chi connectivity index (χ2v) is 6.19. The number of alkyl halides is 3. The van der Waals surface area contributed by atoms with Crippen molar-refractivity contribution < 1.29 is 22.8 Å². The summed E-state index contributed by atoms with van der Waals surface area (Å²) >= 11 is 0. The lowest BCUT2D eigenvalue weighted by Gasteiger charge is -2.25. The van der Waals surface area contributed by atoms with E-state index in [9.17, 15) is 22.8 Å². The highest BCUT2D eigenvalue weighted by molar-refractivity contribution is 6.22. The summed E-state index contributed by atoms with van der Waals surface area (Å²) in [5.41, 5.74) is -0.833. The average Bonchev–Trinajstić information content (AvgIpc) is 2.69. The zero-order chi connectivity index (χ0) is 16.1. The molecule has 1 saturated carbocycles. The Bertz CT molecular complexity index is 626.